The molecule has 2 heterocycles. The predicted octanol–water partition coefficient (Wildman–Crippen LogP) is 4.16. The fourth-order valence-electron chi connectivity index (χ4n) is 4.62. The van der Waals surface area contributed by atoms with Crippen LogP contribution >= 0.6 is 0 Å². The Morgan fingerprint density at radius 2 is 2.18 bits per heavy atom. The first-order valence-electron chi connectivity index (χ1n) is 11.2. The number of benzene rings is 1. The smallest absolute Gasteiger partial charge is 0.220 e. The molecule has 2 aromatic rings. The predicted molar refractivity (Wildman–Crippen MR) is 124 cm³/mol. The van der Waals surface area contributed by atoms with Gasteiger partial charge in [-0.05, 0) is 48.1 Å². The van der Waals surface area contributed by atoms with Gasteiger partial charge in [-0.1, -0.05) is 39.0 Å². The second kappa shape index (κ2) is 8.79. The summed E-state index contributed by atoms with van der Waals surface area (Å²) in [5.41, 5.74) is 2.06. The largest absolute Gasteiger partial charge is 0.492 e. The maximum absolute atomic E-state index is 12.8. The van der Waals surface area contributed by atoms with Crippen molar-refractivity contribution in [2.24, 2.45) is 10.4 Å². The SMILES string of the molecule is C=N/C(C#N)=C\OCc1nc2oc1[C@@]1(C#N)CCc3ccc(cc31)CCC(=O)N[C@H]2C(C)(C)C. The van der Waals surface area contributed by atoms with Crippen LogP contribution in [0, 0.1) is 28.1 Å². The number of nitrogens with one attached hydrogen (secondary N) is 1. The van der Waals surface area contributed by atoms with Crippen molar-refractivity contribution in [2.45, 2.75) is 64.5 Å². The van der Waals surface area contributed by atoms with E-state index in [-0.39, 0.29) is 18.2 Å². The van der Waals surface area contributed by atoms with Gasteiger partial charge in [-0.15, -0.1) is 0 Å². The zero-order valence-corrected chi connectivity index (χ0v) is 19.6. The second-order valence-corrected chi connectivity index (χ2v) is 9.79. The van der Waals surface area contributed by atoms with Crippen LogP contribution in [0.15, 0.2) is 39.6 Å². The van der Waals surface area contributed by atoms with E-state index in [9.17, 15) is 10.1 Å². The molecular formula is C26H27N5O3. The molecule has 4 bridgehead atoms. The summed E-state index contributed by atoms with van der Waals surface area (Å²) in [5.74, 6) is 0.660. The summed E-state index contributed by atoms with van der Waals surface area (Å²) in [4.78, 5) is 21.1. The van der Waals surface area contributed by atoms with Crippen LogP contribution in [0.4, 0.5) is 0 Å². The van der Waals surface area contributed by atoms with E-state index in [0.29, 0.717) is 36.6 Å². The zero-order chi connectivity index (χ0) is 24.5. The minimum atomic E-state index is -1.01. The van der Waals surface area contributed by atoms with Crippen molar-refractivity contribution in [3.8, 4) is 12.1 Å². The first kappa shape index (κ1) is 23.3. The molecule has 174 valence electrons. The third-order valence-electron chi connectivity index (χ3n) is 6.45. The van der Waals surface area contributed by atoms with Crippen LogP contribution in [0.3, 0.4) is 0 Å². The number of hydrogen-bond donors (Lipinski definition) is 1. The molecular weight excluding hydrogens is 430 g/mol. The van der Waals surface area contributed by atoms with E-state index in [1.165, 1.54) is 6.26 Å². The Labute approximate surface area is 199 Å². The van der Waals surface area contributed by atoms with Gasteiger partial charge >= 0.3 is 0 Å². The Balaban J connectivity index is 1.90. The molecule has 4 rings (SSSR count). The van der Waals surface area contributed by atoms with Gasteiger partial charge in [-0.25, -0.2) is 4.98 Å². The lowest BCUT2D eigenvalue weighted by atomic mass is 9.79. The monoisotopic (exact) mass is 457 g/mol. The summed E-state index contributed by atoms with van der Waals surface area (Å²) in [6.07, 6.45) is 3.41. The van der Waals surface area contributed by atoms with E-state index in [4.69, 9.17) is 19.4 Å². The molecule has 1 aromatic heterocycles. The van der Waals surface area contributed by atoms with Crippen molar-refractivity contribution in [1.29, 1.82) is 10.5 Å². The summed E-state index contributed by atoms with van der Waals surface area (Å²) in [7, 11) is 0. The number of ether oxygens (including phenoxy) is 1. The van der Waals surface area contributed by atoms with Crippen LogP contribution in [0.1, 0.15) is 73.7 Å². The molecule has 1 aliphatic carbocycles. The molecule has 8 heteroatoms. The number of aryl methyl sites for hydroxylation is 2. The average molecular weight is 458 g/mol. The molecule has 2 aliphatic rings. The molecule has 0 radical (unpaired) electrons. The van der Waals surface area contributed by atoms with Gasteiger partial charge in [0, 0.05) is 6.42 Å². The number of allylic oxidation sites excluding steroid dienone is 1. The number of aliphatic imine (C=N–C) groups is 1. The van der Waals surface area contributed by atoms with Crippen LogP contribution in [0.2, 0.25) is 0 Å². The molecule has 2 atom stereocenters. The van der Waals surface area contributed by atoms with Gasteiger partial charge in [-0.2, -0.15) is 10.5 Å². The Bertz CT molecular complexity index is 1250. The van der Waals surface area contributed by atoms with Crippen LogP contribution in [-0.2, 0) is 34.4 Å². The highest BCUT2D eigenvalue weighted by Crippen LogP contribution is 2.47. The van der Waals surface area contributed by atoms with Gasteiger partial charge in [0.05, 0.1) is 6.07 Å². The lowest BCUT2D eigenvalue weighted by Crippen LogP contribution is -2.37. The van der Waals surface area contributed by atoms with Crippen molar-refractivity contribution in [3.05, 3.63) is 64.2 Å². The molecule has 0 fully saturated rings. The molecule has 0 saturated carbocycles. The maximum Gasteiger partial charge on any atom is 0.220 e. The number of fused-ring (bicyclic) bond motifs is 4. The number of aromatic nitrogens is 1. The molecule has 1 N–H and O–H groups in total. The Morgan fingerprint density at radius 1 is 1.38 bits per heavy atom. The van der Waals surface area contributed by atoms with Crippen LogP contribution in [0.5, 0.6) is 0 Å². The van der Waals surface area contributed by atoms with Gasteiger partial charge in [0.15, 0.2) is 11.5 Å². The third-order valence-corrected chi connectivity index (χ3v) is 6.45. The number of hydrogen-bond acceptors (Lipinski definition) is 7. The molecule has 1 aromatic carbocycles. The number of carbonyl (C=O) groups excluding carboxylic acids is 1. The van der Waals surface area contributed by atoms with Crippen molar-refractivity contribution in [2.75, 3.05) is 0 Å². The van der Waals surface area contributed by atoms with E-state index < -0.39 is 16.9 Å². The normalized spacial score (nSPS) is 22.0. The van der Waals surface area contributed by atoms with Crippen LogP contribution < -0.4 is 5.32 Å². The molecule has 1 aliphatic heterocycles. The second-order valence-electron chi connectivity index (χ2n) is 9.79. The highest BCUT2D eigenvalue weighted by atomic mass is 16.5. The van der Waals surface area contributed by atoms with Gasteiger partial charge in [0.2, 0.25) is 11.8 Å². The Hall–Kier alpha value is -3.91. The van der Waals surface area contributed by atoms with Gasteiger partial charge in [-0.3, -0.25) is 9.79 Å². The zero-order valence-electron chi connectivity index (χ0n) is 19.6. The number of amides is 1. The molecule has 0 unspecified atom stereocenters. The van der Waals surface area contributed by atoms with E-state index in [1.807, 2.05) is 45.0 Å². The van der Waals surface area contributed by atoms with E-state index in [1.54, 1.807) is 0 Å². The summed E-state index contributed by atoms with van der Waals surface area (Å²) in [5, 5.41) is 22.6. The number of rotatable bonds is 4. The average Bonchev–Trinajstić information content (AvgIpc) is 3.39. The van der Waals surface area contributed by atoms with E-state index >= 15 is 0 Å². The quantitative estimate of drug-likeness (QED) is 0.417. The third kappa shape index (κ3) is 4.08. The standard InChI is InChI=1S/C26H27N5O3/c1-25(2,3)22-24-30-20(14-33-13-18(12-27)29-4)23(34-24)26(15-28)10-9-17-7-5-16(11-19(17)26)6-8-21(32)31-22/h5,7,11,13,22H,4,6,8-10,14H2,1-3H3,(H,31,32)/b18-13-/t22-,26-/m1/s1. The molecule has 1 amide bonds. The van der Waals surface area contributed by atoms with Gasteiger partial charge in [0.25, 0.3) is 0 Å². The maximum atomic E-state index is 12.8. The van der Waals surface area contributed by atoms with Crippen molar-refractivity contribution in [1.82, 2.24) is 10.3 Å². The summed E-state index contributed by atoms with van der Waals surface area (Å²) in [6.45, 7) is 9.31. The number of nitrogens with zero attached hydrogens (tertiary/aromatic N) is 4. The fraction of sp³-hybridized carbons (Fsp3) is 0.423. The number of carbonyl (C=O) groups is 1. The number of nitriles is 2. The lowest BCUT2D eigenvalue weighted by molar-refractivity contribution is -0.122. The molecule has 0 saturated heterocycles. The minimum Gasteiger partial charge on any atom is -0.492 e. The summed E-state index contributed by atoms with van der Waals surface area (Å²) < 4.78 is 12.0. The molecule has 8 nitrogen and oxygen atoms in total. The van der Waals surface area contributed by atoms with Crippen molar-refractivity contribution < 1.29 is 13.9 Å². The number of oxazole rings is 1. The fourth-order valence-corrected chi connectivity index (χ4v) is 4.62. The van der Waals surface area contributed by atoms with Crippen LogP contribution in [0.25, 0.3) is 0 Å². The first-order chi connectivity index (χ1) is 16.2. The molecule has 34 heavy (non-hydrogen) atoms. The van der Waals surface area contributed by atoms with Crippen molar-refractivity contribution >= 4 is 12.6 Å². The van der Waals surface area contributed by atoms with Gasteiger partial charge < -0.3 is 14.5 Å². The summed E-state index contributed by atoms with van der Waals surface area (Å²) in [6, 6.07) is 9.99. The Kier molecular flexibility index (Phi) is 6.01. The molecule has 0 spiro atoms. The topological polar surface area (TPSA) is 124 Å². The minimum absolute atomic E-state index is 0.0250. The Morgan fingerprint density at radius 3 is 2.85 bits per heavy atom. The first-order valence-corrected chi connectivity index (χ1v) is 11.2. The van der Waals surface area contributed by atoms with Crippen LogP contribution in [-0.4, -0.2) is 17.6 Å². The highest BCUT2D eigenvalue weighted by Gasteiger charge is 2.47. The van der Waals surface area contributed by atoms with Crippen molar-refractivity contribution in [3.63, 3.8) is 0 Å². The highest BCUT2D eigenvalue weighted by molar-refractivity contribution is 5.76. The van der Waals surface area contributed by atoms with E-state index in [2.05, 4.69) is 23.1 Å². The van der Waals surface area contributed by atoms with Gasteiger partial charge in [0.1, 0.15) is 36.1 Å². The van der Waals surface area contributed by atoms with E-state index in [0.717, 1.165) is 23.1 Å². The lowest BCUT2D eigenvalue weighted by Gasteiger charge is -2.29. The summed E-state index contributed by atoms with van der Waals surface area (Å²) >= 11 is 0.